The molecule has 0 bridgehead atoms. The first-order chi connectivity index (χ1) is 17.9. The number of fused-ring (bicyclic) bond motifs is 1. The number of rotatable bonds is 5. The van der Waals surface area contributed by atoms with Crippen molar-refractivity contribution in [1.82, 2.24) is 0 Å². The monoisotopic (exact) mass is 515 g/mol. The van der Waals surface area contributed by atoms with Crippen LogP contribution in [-0.2, 0) is 14.4 Å². The second-order valence-electron chi connectivity index (χ2n) is 8.62. The smallest absolute Gasteiger partial charge is 0.280 e. The highest BCUT2D eigenvalue weighted by molar-refractivity contribution is 6.31. The standard InChI is InChI=1S/C27H18ClN3O6/c28-16-10-12-17(13-11-16)29-26(32)23-24(30(37-25(23)27(29)33)18-6-2-1-3-7-18)22-15-14-21(36-22)19-8-4-5-9-20(19)31(34)35/h1-15,23-25H/t23-,24-,25+/m0/s1. The molecule has 184 valence electrons. The number of hydrogen-bond acceptors (Lipinski definition) is 7. The van der Waals surface area contributed by atoms with Crippen LogP contribution >= 0.6 is 11.6 Å². The molecule has 2 saturated heterocycles. The van der Waals surface area contributed by atoms with Crippen molar-refractivity contribution in [2.45, 2.75) is 12.1 Å². The van der Waals surface area contributed by atoms with Gasteiger partial charge in [0, 0.05) is 11.1 Å². The number of carbonyl (C=O) groups is 2. The molecule has 0 saturated carbocycles. The molecule has 0 spiro atoms. The highest BCUT2D eigenvalue weighted by Gasteiger charge is 2.61. The van der Waals surface area contributed by atoms with E-state index in [4.69, 9.17) is 20.9 Å². The van der Waals surface area contributed by atoms with Crippen LogP contribution in [-0.4, -0.2) is 22.8 Å². The summed E-state index contributed by atoms with van der Waals surface area (Å²) in [5, 5.41) is 13.5. The van der Waals surface area contributed by atoms with Crippen molar-refractivity contribution in [3.63, 3.8) is 0 Å². The van der Waals surface area contributed by atoms with E-state index in [-0.39, 0.29) is 11.4 Å². The van der Waals surface area contributed by atoms with Gasteiger partial charge in [-0.2, -0.15) is 0 Å². The summed E-state index contributed by atoms with van der Waals surface area (Å²) >= 11 is 5.99. The number of hydroxylamine groups is 1. The van der Waals surface area contributed by atoms with Gasteiger partial charge in [-0.05, 0) is 54.6 Å². The zero-order valence-electron chi connectivity index (χ0n) is 19.1. The number of amides is 2. The van der Waals surface area contributed by atoms with Crippen LogP contribution in [0.25, 0.3) is 11.3 Å². The molecule has 3 heterocycles. The van der Waals surface area contributed by atoms with Crippen LogP contribution in [0, 0.1) is 16.0 Å². The number of carbonyl (C=O) groups excluding carboxylic acids is 2. The largest absolute Gasteiger partial charge is 0.458 e. The summed E-state index contributed by atoms with van der Waals surface area (Å²) in [5.74, 6) is -1.24. The number of benzene rings is 3. The predicted molar refractivity (Wildman–Crippen MR) is 135 cm³/mol. The third kappa shape index (κ3) is 3.76. The maximum atomic E-state index is 13.7. The lowest BCUT2D eigenvalue weighted by molar-refractivity contribution is -0.384. The molecular weight excluding hydrogens is 498 g/mol. The average Bonchev–Trinajstić information content (AvgIpc) is 3.60. The molecule has 9 nitrogen and oxygen atoms in total. The number of para-hydroxylation sites is 2. The molecule has 1 aromatic heterocycles. The number of halogens is 1. The Morgan fingerprint density at radius 3 is 2.24 bits per heavy atom. The number of hydrogen-bond donors (Lipinski definition) is 0. The van der Waals surface area contributed by atoms with Crippen molar-refractivity contribution in [3.05, 3.63) is 112 Å². The molecule has 6 rings (SSSR count). The molecule has 10 heteroatoms. The van der Waals surface area contributed by atoms with Crippen LogP contribution in [0.15, 0.2) is 95.4 Å². The Morgan fingerprint density at radius 1 is 0.811 bits per heavy atom. The highest BCUT2D eigenvalue weighted by atomic mass is 35.5. The molecule has 2 aliphatic rings. The third-order valence-electron chi connectivity index (χ3n) is 6.50. The van der Waals surface area contributed by atoms with Gasteiger partial charge in [-0.1, -0.05) is 41.9 Å². The highest BCUT2D eigenvalue weighted by Crippen LogP contribution is 2.48. The fraction of sp³-hybridized carbons (Fsp3) is 0.111. The van der Waals surface area contributed by atoms with Crippen molar-refractivity contribution in [2.75, 3.05) is 9.96 Å². The predicted octanol–water partition coefficient (Wildman–Crippen LogP) is 5.56. The van der Waals surface area contributed by atoms with Gasteiger partial charge in [-0.15, -0.1) is 0 Å². The van der Waals surface area contributed by atoms with Crippen molar-refractivity contribution in [1.29, 1.82) is 0 Å². The first-order valence-electron chi connectivity index (χ1n) is 11.4. The Balaban J connectivity index is 1.43. The van der Waals surface area contributed by atoms with Gasteiger partial charge in [0.1, 0.15) is 23.5 Å². The minimum absolute atomic E-state index is 0.107. The maximum absolute atomic E-state index is 13.7. The Hall–Kier alpha value is -4.47. The molecule has 2 fully saturated rings. The minimum Gasteiger partial charge on any atom is -0.458 e. The Bertz CT molecular complexity index is 1520. The van der Waals surface area contributed by atoms with E-state index in [0.717, 1.165) is 4.90 Å². The van der Waals surface area contributed by atoms with Gasteiger partial charge in [0.05, 0.1) is 21.9 Å². The SMILES string of the molecule is O=C1[C@@H]2[C@@H](ON(c3ccccc3)[C@H]2c2ccc(-c3ccccc3[N+](=O)[O-])o2)C(=O)N1c1ccc(Cl)cc1. The van der Waals surface area contributed by atoms with Gasteiger partial charge in [-0.25, -0.2) is 9.96 Å². The summed E-state index contributed by atoms with van der Waals surface area (Å²) in [5.41, 5.74) is 1.22. The number of furan rings is 1. The molecule has 0 N–H and O–H groups in total. The molecule has 0 aliphatic carbocycles. The number of nitro benzene ring substituents is 1. The lowest BCUT2D eigenvalue weighted by atomic mass is 9.94. The summed E-state index contributed by atoms with van der Waals surface area (Å²) in [6, 6.07) is 24.2. The molecule has 2 aliphatic heterocycles. The van der Waals surface area contributed by atoms with Crippen molar-refractivity contribution < 1.29 is 23.8 Å². The van der Waals surface area contributed by atoms with E-state index in [1.807, 2.05) is 18.2 Å². The topological polar surface area (TPSA) is 106 Å². The van der Waals surface area contributed by atoms with Crippen molar-refractivity contribution in [2.24, 2.45) is 5.92 Å². The number of nitro groups is 1. The molecule has 37 heavy (non-hydrogen) atoms. The first-order valence-corrected chi connectivity index (χ1v) is 11.8. The Labute approximate surface area is 215 Å². The maximum Gasteiger partial charge on any atom is 0.280 e. The summed E-state index contributed by atoms with van der Waals surface area (Å²) in [6.07, 6.45) is -1.08. The normalized spacial score (nSPS) is 20.9. The Kier molecular flexibility index (Phi) is 5.51. The lowest BCUT2D eigenvalue weighted by Crippen LogP contribution is -2.37. The fourth-order valence-electron chi connectivity index (χ4n) is 4.84. The molecule has 4 aromatic rings. The summed E-state index contributed by atoms with van der Waals surface area (Å²) < 4.78 is 6.12. The van der Waals surface area contributed by atoms with Gasteiger partial charge in [0.2, 0.25) is 5.91 Å². The van der Waals surface area contributed by atoms with Gasteiger partial charge in [0.25, 0.3) is 11.6 Å². The van der Waals surface area contributed by atoms with E-state index in [0.29, 0.717) is 27.7 Å². The van der Waals surface area contributed by atoms with Gasteiger partial charge in [-0.3, -0.25) is 24.5 Å². The zero-order valence-corrected chi connectivity index (χ0v) is 19.8. The molecule has 0 radical (unpaired) electrons. The van der Waals surface area contributed by atoms with Crippen LogP contribution in [0.2, 0.25) is 5.02 Å². The fourth-order valence-corrected chi connectivity index (χ4v) is 4.97. The van der Waals surface area contributed by atoms with Crippen LogP contribution in [0.5, 0.6) is 0 Å². The minimum atomic E-state index is -1.08. The van der Waals surface area contributed by atoms with E-state index in [1.165, 1.54) is 11.1 Å². The van der Waals surface area contributed by atoms with E-state index < -0.39 is 34.8 Å². The number of anilines is 2. The number of imide groups is 1. The summed E-state index contributed by atoms with van der Waals surface area (Å²) in [7, 11) is 0. The molecule has 3 aromatic carbocycles. The second kappa shape index (κ2) is 8.88. The molecule has 2 amide bonds. The first kappa shape index (κ1) is 23.0. The van der Waals surface area contributed by atoms with Gasteiger partial charge >= 0.3 is 0 Å². The van der Waals surface area contributed by atoms with E-state index >= 15 is 0 Å². The van der Waals surface area contributed by atoms with Crippen molar-refractivity contribution in [3.8, 4) is 11.3 Å². The number of nitrogens with zero attached hydrogens (tertiary/aromatic N) is 3. The zero-order chi connectivity index (χ0) is 25.7. The van der Waals surface area contributed by atoms with E-state index in [1.54, 1.807) is 66.7 Å². The van der Waals surface area contributed by atoms with E-state index in [2.05, 4.69) is 0 Å². The summed E-state index contributed by atoms with van der Waals surface area (Å²) in [6.45, 7) is 0. The summed E-state index contributed by atoms with van der Waals surface area (Å²) in [4.78, 5) is 45.4. The second-order valence-corrected chi connectivity index (χ2v) is 9.06. The van der Waals surface area contributed by atoms with Crippen molar-refractivity contribution >= 4 is 40.5 Å². The molecule has 0 unspecified atom stereocenters. The molecular formula is C27H18ClN3O6. The quantitative estimate of drug-likeness (QED) is 0.194. The van der Waals surface area contributed by atoms with E-state index in [9.17, 15) is 19.7 Å². The lowest BCUT2D eigenvalue weighted by Gasteiger charge is -2.27. The Morgan fingerprint density at radius 2 is 1.51 bits per heavy atom. The van der Waals surface area contributed by atoms with Crippen LogP contribution in [0.1, 0.15) is 11.8 Å². The van der Waals surface area contributed by atoms with Crippen LogP contribution < -0.4 is 9.96 Å². The third-order valence-corrected chi connectivity index (χ3v) is 6.75. The molecule has 3 atom stereocenters. The average molecular weight is 516 g/mol. The van der Waals surface area contributed by atoms with Crippen LogP contribution in [0.4, 0.5) is 17.1 Å². The van der Waals surface area contributed by atoms with Crippen LogP contribution in [0.3, 0.4) is 0 Å². The van der Waals surface area contributed by atoms with Gasteiger partial charge in [0.15, 0.2) is 6.10 Å². The van der Waals surface area contributed by atoms with Gasteiger partial charge < -0.3 is 4.42 Å².